The van der Waals surface area contributed by atoms with E-state index in [0.717, 1.165) is 20.6 Å². The van der Waals surface area contributed by atoms with Gasteiger partial charge in [-0.05, 0) is 59.0 Å². The normalized spacial score (nSPS) is 10.5. The summed E-state index contributed by atoms with van der Waals surface area (Å²) in [7, 11) is 0. The van der Waals surface area contributed by atoms with Crippen molar-refractivity contribution in [2.45, 2.75) is 0 Å². The Morgan fingerprint density at radius 2 is 1.71 bits per heavy atom. The summed E-state index contributed by atoms with van der Waals surface area (Å²) in [5.74, 6) is -0.0743. The Morgan fingerprint density at radius 1 is 1.05 bits per heavy atom. The molecule has 0 amide bonds. The first kappa shape index (κ1) is 14.2. The third kappa shape index (κ3) is 2.96. The van der Waals surface area contributed by atoms with Gasteiger partial charge in [-0.1, -0.05) is 29.5 Å². The quantitative estimate of drug-likeness (QED) is 0.643. The summed E-state index contributed by atoms with van der Waals surface area (Å²) in [5, 5.41) is 13.8. The summed E-state index contributed by atoms with van der Waals surface area (Å²) >= 11 is 3.20. The van der Waals surface area contributed by atoms with Crippen LogP contribution in [0.25, 0.3) is 5.69 Å². The van der Waals surface area contributed by atoms with Crippen LogP contribution in [0.1, 0.15) is 0 Å². The molecular formula is C15H11IN2O2S. The maximum Gasteiger partial charge on any atom is 0.316 e. The number of rotatable bonds is 3. The van der Waals surface area contributed by atoms with Gasteiger partial charge in [0.25, 0.3) is 0 Å². The summed E-state index contributed by atoms with van der Waals surface area (Å²) in [4.78, 5) is 11.9. The fraction of sp³-hybridized carbons (Fsp3) is 0. The number of hydrogen-bond acceptors (Lipinski definition) is 4. The lowest BCUT2D eigenvalue weighted by atomic mass is 10.3. The van der Waals surface area contributed by atoms with Crippen LogP contribution in [0.4, 0.5) is 10.7 Å². The average molecular weight is 410 g/mol. The Morgan fingerprint density at radius 3 is 2.38 bits per heavy atom. The summed E-state index contributed by atoms with van der Waals surface area (Å²) in [5.41, 5.74) is 1.47. The maximum atomic E-state index is 12.1. The molecule has 0 spiro atoms. The number of anilines is 2. The lowest BCUT2D eigenvalue weighted by molar-refractivity contribution is 0.443. The first-order chi connectivity index (χ1) is 10.1. The second-order valence-electron chi connectivity index (χ2n) is 4.32. The Kier molecular flexibility index (Phi) is 3.98. The minimum absolute atomic E-state index is 0.0743. The number of halogens is 1. The number of thiazole rings is 1. The molecule has 0 radical (unpaired) electrons. The van der Waals surface area contributed by atoms with Crippen LogP contribution < -0.4 is 10.2 Å². The highest BCUT2D eigenvalue weighted by atomic mass is 127. The van der Waals surface area contributed by atoms with Gasteiger partial charge in [0.2, 0.25) is 5.88 Å². The highest BCUT2D eigenvalue weighted by molar-refractivity contribution is 14.1. The molecule has 0 bridgehead atoms. The molecule has 2 aromatic carbocycles. The number of para-hydroxylation sites is 1. The summed E-state index contributed by atoms with van der Waals surface area (Å²) in [6, 6.07) is 16.8. The van der Waals surface area contributed by atoms with E-state index in [0.29, 0.717) is 10.7 Å². The molecule has 2 N–H and O–H groups in total. The molecule has 0 aliphatic carbocycles. The molecule has 0 fully saturated rings. The van der Waals surface area contributed by atoms with E-state index in [1.807, 2.05) is 42.5 Å². The Hall–Kier alpha value is -1.80. The standard InChI is InChI=1S/C15H11IN2O2S/c16-10-6-8-11(9-7-10)17-13-14(19)18(15(20)21-13)12-4-2-1-3-5-12/h1-9,17,19H. The smallest absolute Gasteiger partial charge is 0.316 e. The van der Waals surface area contributed by atoms with Gasteiger partial charge in [-0.15, -0.1) is 0 Å². The molecule has 4 nitrogen and oxygen atoms in total. The van der Waals surface area contributed by atoms with E-state index in [1.165, 1.54) is 4.57 Å². The Labute approximate surface area is 138 Å². The molecule has 106 valence electrons. The molecule has 0 saturated heterocycles. The SMILES string of the molecule is O=c1sc(Nc2ccc(I)cc2)c(O)n1-c1ccccc1. The van der Waals surface area contributed by atoms with Crippen LogP contribution in [0.2, 0.25) is 0 Å². The van der Waals surface area contributed by atoms with Gasteiger partial charge < -0.3 is 10.4 Å². The topological polar surface area (TPSA) is 54.3 Å². The number of nitrogens with one attached hydrogen (secondary N) is 1. The largest absolute Gasteiger partial charge is 0.492 e. The van der Waals surface area contributed by atoms with Crippen LogP contribution in [0.15, 0.2) is 59.4 Å². The predicted octanol–water partition coefficient (Wildman–Crippen LogP) is 3.95. The van der Waals surface area contributed by atoms with E-state index in [9.17, 15) is 9.90 Å². The predicted molar refractivity (Wildman–Crippen MR) is 94.0 cm³/mol. The van der Waals surface area contributed by atoms with Crippen LogP contribution in [0.5, 0.6) is 5.88 Å². The van der Waals surface area contributed by atoms with Gasteiger partial charge in [-0.2, -0.15) is 0 Å². The van der Waals surface area contributed by atoms with Crippen molar-refractivity contribution in [2.24, 2.45) is 0 Å². The highest BCUT2D eigenvalue weighted by Gasteiger charge is 2.15. The van der Waals surface area contributed by atoms with Gasteiger partial charge in [0, 0.05) is 9.26 Å². The van der Waals surface area contributed by atoms with E-state index in [2.05, 4.69) is 27.9 Å². The molecule has 0 atom stereocenters. The van der Waals surface area contributed by atoms with Gasteiger partial charge in [-0.3, -0.25) is 4.79 Å². The van der Waals surface area contributed by atoms with Gasteiger partial charge in [-0.25, -0.2) is 4.57 Å². The molecule has 1 heterocycles. The van der Waals surface area contributed by atoms with E-state index >= 15 is 0 Å². The third-order valence-corrected chi connectivity index (χ3v) is 4.47. The zero-order chi connectivity index (χ0) is 14.8. The van der Waals surface area contributed by atoms with Gasteiger partial charge in [0.05, 0.1) is 5.69 Å². The summed E-state index contributed by atoms with van der Waals surface area (Å²) < 4.78 is 2.41. The van der Waals surface area contributed by atoms with Crippen molar-refractivity contribution in [2.75, 3.05) is 5.32 Å². The maximum absolute atomic E-state index is 12.1. The molecule has 21 heavy (non-hydrogen) atoms. The molecule has 0 saturated carbocycles. The number of aromatic hydroxyl groups is 1. The van der Waals surface area contributed by atoms with Crippen molar-refractivity contribution < 1.29 is 5.11 Å². The molecular weight excluding hydrogens is 399 g/mol. The fourth-order valence-corrected chi connectivity index (χ4v) is 3.09. The fourth-order valence-electron chi connectivity index (χ4n) is 1.92. The third-order valence-electron chi connectivity index (χ3n) is 2.90. The highest BCUT2D eigenvalue weighted by Crippen LogP contribution is 2.31. The van der Waals surface area contributed by atoms with E-state index in [1.54, 1.807) is 12.1 Å². The van der Waals surface area contributed by atoms with Gasteiger partial charge in [0.15, 0.2) is 5.00 Å². The number of aromatic nitrogens is 1. The average Bonchev–Trinajstić information content (AvgIpc) is 2.77. The van der Waals surface area contributed by atoms with Crippen LogP contribution >= 0.6 is 33.9 Å². The molecule has 3 aromatic rings. The number of hydrogen-bond donors (Lipinski definition) is 2. The Balaban J connectivity index is 1.98. The molecule has 0 aliphatic rings. The second-order valence-corrected chi connectivity index (χ2v) is 6.53. The number of nitrogens with zero attached hydrogens (tertiary/aromatic N) is 1. The minimum atomic E-state index is -0.230. The monoisotopic (exact) mass is 410 g/mol. The first-order valence-electron chi connectivity index (χ1n) is 6.18. The van der Waals surface area contributed by atoms with Gasteiger partial charge >= 0.3 is 4.87 Å². The Bertz CT molecular complexity index is 810. The first-order valence-corrected chi connectivity index (χ1v) is 8.07. The lowest BCUT2D eigenvalue weighted by Crippen LogP contribution is -2.09. The van der Waals surface area contributed by atoms with E-state index in [-0.39, 0.29) is 10.8 Å². The van der Waals surface area contributed by atoms with Crippen LogP contribution in [0.3, 0.4) is 0 Å². The van der Waals surface area contributed by atoms with Crippen LogP contribution in [-0.4, -0.2) is 9.67 Å². The van der Waals surface area contributed by atoms with Gasteiger partial charge in [0.1, 0.15) is 0 Å². The van der Waals surface area contributed by atoms with E-state index < -0.39 is 0 Å². The van der Waals surface area contributed by atoms with Crippen molar-refractivity contribution in [3.05, 3.63) is 67.8 Å². The molecule has 1 aromatic heterocycles. The van der Waals surface area contributed by atoms with Crippen molar-refractivity contribution in [1.29, 1.82) is 0 Å². The summed E-state index contributed by atoms with van der Waals surface area (Å²) in [6.07, 6.45) is 0. The molecule has 6 heteroatoms. The zero-order valence-electron chi connectivity index (χ0n) is 10.8. The van der Waals surface area contributed by atoms with Crippen molar-refractivity contribution in [1.82, 2.24) is 4.57 Å². The van der Waals surface area contributed by atoms with Crippen molar-refractivity contribution >= 4 is 44.6 Å². The molecule has 0 aliphatic heterocycles. The lowest BCUT2D eigenvalue weighted by Gasteiger charge is -2.06. The molecule has 0 unspecified atom stereocenters. The van der Waals surface area contributed by atoms with Crippen LogP contribution in [0, 0.1) is 3.57 Å². The van der Waals surface area contributed by atoms with E-state index in [4.69, 9.17) is 0 Å². The zero-order valence-corrected chi connectivity index (χ0v) is 13.8. The van der Waals surface area contributed by atoms with Crippen molar-refractivity contribution in [3.63, 3.8) is 0 Å². The minimum Gasteiger partial charge on any atom is -0.492 e. The summed E-state index contributed by atoms with van der Waals surface area (Å²) in [6.45, 7) is 0. The molecule has 3 rings (SSSR count). The van der Waals surface area contributed by atoms with Crippen LogP contribution in [-0.2, 0) is 0 Å². The second kappa shape index (κ2) is 5.90. The van der Waals surface area contributed by atoms with Crippen molar-refractivity contribution in [3.8, 4) is 11.6 Å². The number of benzene rings is 2.